The molecule has 2 aliphatic carbocycles. The van der Waals surface area contributed by atoms with Gasteiger partial charge in [-0.2, -0.15) is 0 Å². The molecule has 0 bridgehead atoms. The first-order chi connectivity index (χ1) is 11.5. The Labute approximate surface area is 144 Å². The molecular formula is C20H28N2O2. The zero-order valence-electron chi connectivity index (χ0n) is 14.8. The van der Waals surface area contributed by atoms with Gasteiger partial charge in [-0.05, 0) is 49.7 Å². The number of fused-ring (bicyclic) bond motifs is 1. The van der Waals surface area contributed by atoms with Crippen molar-refractivity contribution in [1.82, 2.24) is 10.6 Å². The van der Waals surface area contributed by atoms with Crippen molar-refractivity contribution in [3.63, 3.8) is 0 Å². The molecule has 3 rings (SSSR count). The summed E-state index contributed by atoms with van der Waals surface area (Å²) in [6, 6.07) is 7.30. The van der Waals surface area contributed by atoms with E-state index in [1.807, 2.05) is 39.0 Å². The van der Waals surface area contributed by atoms with Crippen LogP contribution in [0.25, 0.3) is 0 Å². The highest BCUT2D eigenvalue weighted by molar-refractivity contribution is 5.97. The number of carbonyl (C=O) groups is 2. The van der Waals surface area contributed by atoms with Crippen LogP contribution in [-0.4, -0.2) is 23.9 Å². The van der Waals surface area contributed by atoms with Crippen LogP contribution in [0.5, 0.6) is 0 Å². The van der Waals surface area contributed by atoms with Crippen molar-refractivity contribution >= 4 is 11.8 Å². The van der Waals surface area contributed by atoms with Crippen molar-refractivity contribution in [1.29, 1.82) is 0 Å². The first-order valence-corrected chi connectivity index (χ1v) is 9.15. The summed E-state index contributed by atoms with van der Waals surface area (Å²) < 4.78 is 0. The summed E-state index contributed by atoms with van der Waals surface area (Å²) in [5.41, 5.74) is 1.64. The van der Waals surface area contributed by atoms with E-state index in [1.54, 1.807) is 6.07 Å². The number of aryl methyl sites for hydroxylation is 1. The molecular weight excluding hydrogens is 300 g/mol. The van der Waals surface area contributed by atoms with Crippen LogP contribution in [0.2, 0.25) is 0 Å². The Hall–Kier alpha value is -1.84. The third-order valence-electron chi connectivity index (χ3n) is 5.48. The lowest BCUT2D eigenvalue weighted by Gasteiger charge is -2.22. The van der Waals surface area contributed by atoms with Gasteiger partial charge in [0, 0.05) is 11.6 Å². The van der Waals surface area contributed by atoms with Crippen molar-refractivity contribution in [2.24, 2.45) is 17.8 Å². The molecule has 4 nitrogen and oxygen atoms in total. The first kappa shape index (κ1) is 17.0. The van der Waals surface area contributed by atoms with Crippen LogP contribution in [0.3, 0.4) is 0 Å². The van der Waals surface area contributed by atoms with E-state index in [9.17, 15) is 9.59 Å². The molecule has 4 atom stereocenters. The van der Waals surface area contributed by atoms with E-state index in [0.717, 1.165) is 5.56 Å². The molecule has 0 radical (unpaired) electrons. The maximum Gasteiger partial charge on any atom is 0.251 e. The van der Waals surface area contributed by atoms with E-state index in [1.165, 1.54) is 25.7 Å². The quantitative estimate of drug-likeness (QED) is 0.873. The van der Waals surface area contributed by atoms with Crippen LogP contribution in [0.4, 0.5) is 0 Å². The number of nitrogens with one attached hydrogen (secondary N) is 2. The molecule has 1 unspecified atom stereocenters. The molecule has 0 heterocycles. The van der Waals surface area contributed by atoms with E-state index in [0.29, 0.717) is 23.4 Å². The van der Waals surface area contributed by atoms with Crippen LogP contribution in [0, 0.1) is 24.7 Å². The van der Waals surface area contributed by atoms with Crippen LogP contribution in [0.1, 0.15) is 55.5 Å². The number of carbonyl (C=O) groups excluding carboxylic acids is 2. The molecule has 1 aromatic rings. The molecule has 130 valence electrons. The maximum atomic E-state index is 12.7. The third-order valence-corrected chi connectivity index (χ3v) is 5.48. The van der Waals surface area contributed by atoms with Gasteiger partial charge < -0.3 is 10.6 Å². The normalized spacial score (nSPS) is 26.4. The Bertz CT molecular complexity index is 614. The Morgan fingerprint density at radius 1 is 1.12 bits per heavy atom. The number of amides is 2. The number of rotatable bonds is 5. The molecule has 2 saturated carbocycles. The molecule has 2 N–H and O–H groups in total. The molecule has 0 aliphatic heterocycles. The third kappa shape index (κ3) is 3.63. The Balaban J connectivity index is 1.62. The van der Waals surface area contributed by atoms with Gasteiger partial charge in [-0.3, -0.25) is 9.59 Å². The van der Waals surface area contributed by atoms with E-state index >= 15 is 0 Å². The van der Waals surface area contributed by atoms with Crippen molar-refractivity contribution in [2.45, 2.75) is 58.5 Å². The second kappa shape index (κ2) is 6.96. The molecule has 0 spiro atoms. The predicted octanol–water partition coefficient (Wildman–Crippen LogP) is 3.05. The van der Waals surface area contributed by atoms with E-state index in [4.69, 9.17) is 0 Å². The van der Waals surface area contributed by atoms with Crippen molar-refractivity contribution in [3.05, 3.63) is 35.4 Å². The van der Waals surface area contributed by atoms with Gasteiger partial charge >= 0.3 is 0 Å². The van der Waals surface area contributed by atoms with Crippen LogP contribution < -0.4 is 10.6 Å². The molecule has 0 saturated heterocycles. The summed E-state index contributed by atoms with van der Waals surface area (Å²) >= 11 is 0. The lowest BCUT2D eigenvalue weighted by atomic mass is 10.0. The predicted molar refractivity (Wildman–Crippen MR) is 94.6 cm³/mol. The zero-order valence-corrected chi connectivity index (χ0v) is 14.8. The number of hydrogen-bond donors (Lipinski definition) is 2. The van der Waals surface area contributed by atoms with Gasteiger partial charge in [0.05, 0.1) is 0 Å². The summed E-state index contributed by atoms with van der Waals surface area (Å²) in [7, 11) is 0. The lowest BCUT2D eigenvalue weighted by Crippen LogP contribution is -2.50. The van der Waals surface area contributed by atoms with Crippen molar-refractivity contribution in [3.8, 4) is 0 Å². The second-order valence-electron chi connectivity index (χ2n) is 7.71. The number of benzene rings is 1. The highest BCUT2D eigenvalue weighted by Gasteiger charge is 2.51. The summed E-state index contributed by atoms with van der Waals surface area (Å²) in [6.45, 7) is 5.90. The average molecular weight is 328 g/mol. The zero-order chi connectivity index (χ0) is 17.3. The Kier molecular flexibility index (Phi) is 4.93. The highest BCUT2D eigenvalue weighted by Crippen LogP contribution is 2.49. The van der Waals surface area contributed by atoms with Gasteiger partial charge in [0.2, 0.25) is 5.91 Å². The van der Waals surface area contributed by atoms with E-state index in [-0.39, 0.29) is 17.7 Å². The van der Waals surface area contributed by atoms with Gasteiger partial charge in [-0.1, -0.05) is 44.4 Å². The fraction of sp³-hybridized carbons (Fsp3) is 0.600. The number of hydrogen-bond acceptors (Lipinski definition) is 2. The van der Waals surface area contributed by atoms with Crippen molar-refractivity contribution < 1.29 is 9.59 Å². The molecule has 2 aliphatic rings. The van der Waals surface area contributed by atoms with Gasteiger partial charge in [0.15, 0.2) is 0 Å². The standard InChI is InChI=1S/C20H28N2O2/c1-12(2)17(21-19(23)14-8-6-7-13(3)11-14)20(24)22-18-15-9-4-5-10-16(15)18/h6-8,11-12,15-18H,4-5,9-10H2,1-3H3,(H,21,23)(H,22,24)/t15-,16+,17-,18?/m1/s1. The lowest BCUT2D eigenvalue weighted by molar-refractivity contribution is -0.124. The van der Waals surface area contributed by atoms with E-state index in [2.05, 4.69) is 10.6 Å². The minimum atomic E-state index is -0.485. The molecule has 0 aromatic heterocycles. The largest absolute Gasteiger partial charge is 0.351 e. The monoisotopic (exact) mass is 328 g/mol. The minimum Gasteiger partial charge on any atom is -0.351 e. The fourth-order valence-corrected chi connectivity index (χ4v) is 4.01. The summed E-state index contributed by atoms with van der Waals surface area (Å²) in [6.07, 6.45) is 5.03. The van der Waals surface area contributed by atoms with Gasteiger partial charge in [0.25, 0.3) is 5.91 Å². The Morgan fingerprint density at radius 3 is 2.38 bits per heavy atom. The summed E-state index contributed by atoms with van der Waals surface area (Å²) in [5, 5.41) is 6.12. The smallest absolute Gasteiger partial charge is 0.251 e. The average Bonchev–Trinajstić information content (AvgIpc) is 3.25. The van der Waals surface area contributed by atoms with E-state index < -0.39 is 6.04 Å². The topological polar surface area (TPSA) is 58.2 Å². The Morgan fingerprint density at radius 2 is 1.79 bits per heavy atom. The van der Waals surface area contributed by atoms with Gasteiger partial charge in [-0.15, -0.1) is 0 Å². The van der Waals surface area contributed by atoms with Crippen molar-refractivity contribution in [2.75, 3.05) is 0 Å². The molecule has 2 amide bonds. The van der Waals surface area contributed by atoms with Crippen LogP contribution in [0.15, 0.2) is 24.3 Å². The summed E-state index contributed by atoms with van der Waals surface area (Å²) in [5.74, 6) is 1.18. The molecule has 24 heavy (non-hydrogen) atoms. The van der Waals surface area contributed by atoms with Gasteiger partial charge in [-0.25, -0.2) is 0 Å². The highest BCUT2D eigenvalue weighted by atomic mass is 16.2. The minimum absolute atomic E-state index is 0.0367. The fourth-order valence-electron chi connectivity index (χ4n) is 4.01. The van der Waals surface area contributed by atoms with Crippen LogP contribution in [-0.2, 0) is 4.79 Å². The van der Waals surface area contributed by atoms with Crippen LogP contribution >= 0.6 is 0 Å². The SMILES string of the molecule is Cc1cccc(C(=O)N[C@@H](C(=O)NC2[C@H]3CCCC[C@@H]23)C(C)C)c1. The first-order valence-electron chi connectivity index (χ1n) is 9.15. The molecule has 4 heteroatoms. The molecule has 2 fully saturated rings. The maximum absolute atomic E-state index is 12.7. The molecule has 1 aromatic carbocycles. The summed E-state index contributed by atoms with van der Waals surface area (Å²) in [4.78, 5) is 25.2. The van der Waals surface area contributed by atoms with Gasteiger partial charge in [0.1, 0.15) is 6.04 Å². The second-order valence-corrected chi connectivity index (χ2v) is 7.71.